The summed E-state index contributed by atoms with van der Waals surface area (Å²) < 4.78 is 0. The molecule has 0 N–H and O–H groups in total. The topological polar surface area (TPSA) is 70.6 Å². The molecule has 34 heavy (non-hydrogen) atoms. The Morgan fingerprint density at radius 2 is 1.56 bits per heavy atom. The molecule has 1 aromatic heterocycles. The van der Waals surface area contributed by atoms with Crippen molar-refractivity contribution in [2.24, 2.45) is 11.8 Å². The molecule has 1 aliphatic heterocycles. The Hall–Kier alpha value is -3.58. The number of carbonyl (C=O) groups excluding carboxylic acids is 3. The first-order chi connectivity index (χ1) is 16.6. The van der Waals surface area contributed by atoms with Gasteiger partial charge < -0.3 is 0 Å². The van der Waals surface area contributed by atoms with Gasteiger partial charge in [-0.15, -0.1) is 11.3 Å². The lowest BCUT2D eigenvalue weighted by atomic mass is 9.85. The molecule has 0 saturated carbocycles. The number of fused-ring (bicyclic) bond motifs is 1. The average Bonchev–Trinajstić information content (AvgIpc) is 3.46. The van der Waals surface area contributed by atoms with Crippen LogP contribution in [0.3, 0.4) is 0 Å². The Labute approximate surface area is 202 Å². The number of amides is 3. The zero-order chi connectivity index (χ0) is 23.5. The van der Waals surface area contributed by atoms with E-state index in [2.05, 4.69) is 0 Å². The monoisotopic (exact) mass is 471 g/mol. The molecule has 1 fully saturated rings. The molecule has 3 aromatic rings. The van der Waals surface area contributed by atoms with Gasteiger partial charge in [0.1, 0.15) is 6.54 Å². The van der Waals surface area contributed by atoms with Gasteiger partial charge in [0, 0.05) is 17.5 Å². The van der Waals surface area contributed by atoms with Crippen molar-refractivity contribution in [1.29, 1.82) is 0 Å². The van der Waals surface area contributed by atoms with Crippen LogP contribution in [0.2, 0.25) is 0 Å². The van der Waals surface area contributed by atoms with Gasteiger partial charge in [-0.05, 0) is 24.8 Å². The molecule has 172 valence electrons. The van der Waals surface area contributed by atoms with E-state index in [1.165, 1.54) is 11.3 Å². The zero-order valence-corrected chi connectivity index (χ0v) is 19.5. The maximum atomic E-state index is 13.5. The summed E-state index contributed by atoms with van der Waals surface area (Å²) in [5, 5.41) is 2.50. The molecule has 6 nitrogen and oxygen atoms in total. The number of likely N-dealkylation sites (tertiary alicyclic amines) is 1. The fraction of sp³-hybridized carbons (Fsp3) is 0.259. The third-order valence-electron chi connectivity index (χ3n) is 6.45. The first kappa shape index (κ1) is 22.2. The largest absolute Gasteiger partial charge is 0.286 e. The maximum Gasteiger partial charge on any atom is 0.248 e. The van der Waals surface area contributed by atoms with Crippen LogP contribution in [0.1, 0.15) is 18.4 Å². The molecular weight excluding hydrogens is 446 g/mol. The van der Waals surface area contributed by atoms with Crippen LogP contribution >= 0.6 is 11.3 Å². The summed E-state index contributed by atoms with van der Waals surface area (Å²) in [6.45, 7) is 0.162. The molecule has 2 aromatic carbocycles. The maximum absolute atomic E-state index is 13.5. The standard InChI is InChI=1S/C27H25N3O3S/c31-24(17-30-25(32)21-13-7-8-14-22(21)26(30)33)29(16-15-19-9-3-1-4-10-19)27-28-23(18-34-27)20-11-5-2-6-12-20/h1-12,18,21-22H,13-17H2. The third-order valence-corrected chi connectivity index (χ3v) is 7.32. The predicted octanol–water partition coefficient (Wildman–Crippen LogP) is 4.34. The Balaban J connectivity index is 1.38. The van der Waals surface area contributed by atoms with E-state index in [0.717, 1.165) is 21.7 Å². The highest BCUT2D eigenvalue weighted by molar-refractivity contribution is 7.14. The molecule has 1 aliphatic carbocycles. The van der Waals surface area contributed by atoms with Crippen LogP contribution in [0.5, 0.6) is 0 Å². The van der Waals surface area contributed by atoms with Gasteiger partial charge in [0.05, 0.1) is 17.5 Å². The van der Waals surface area contributed by atoms with Gasteiger partial charge in [-0.1, -0.05) is 72.8 Å². The summed E-state index contributed by atoms with van der Waals surface area (Å²) in [7, 11) is 0. The van der Waals surface area contributed by atoms with Gasteiger partial charge >= 0.3 is 0 Å². The summed E-state index contributed by atoms with van der Waals surface area (Å²) in [4.78, 5) is 46.8. The number of hydrogen-bond acceptors (Lipinski definition) is 5. The van der Waals surface area contributed by atoms with Crippen LogP contribution in [0.4, 0.5) is 5.13 Å². The zero-order valence-electron chi connectivity index (χ0n) is 18.7. The molecule has 2 unspecified atom stereocenters. The van der Waals surface area contributed by atoms with Crippen LogP contribution in [0, 0.1) is 11.8 Å². The molecular formula is C27H25N3O3S. The van der Waals surface area contributed by atoms with Crippen molar-refractivity contribution in [3.05, 3.63) is 83.8 Å². The van der Waals surface area contributed by atoms with E-state index in [1.807, 2.05) is 78.2 Å². The lowest BCUT2D eigenvalue weighted by molar-refractivity contribution is -0.143. The first-order valence-corrected chi connectivity index (χ1v) is 12.4. The number of aromatic nitrogens is 1. The van der Waals surface area contributed by atoms with Crippen LogP contribution in [-0.4, -0.2) is 40.7 Å². The van der Waals surface area contributed by atoms with Crippen molar-refractivity contribution in [3.8, 4) is 11.3 Å². The van der Waals surface area contributed by atoms with Gasteiger partial charge in [-0.2, -0.15) is 0 Å². The number of allylic oxidation sites excluding steroid dienone is 2. The second-order valence-corrected chi connectivity index (χ2v) is 9.42. The Morgan fingerprint density at radius 3 is 2.21 bits per heavy atom. The highest BCUT2D eigenvalue weighted by Crippen LogP contribution is 2.35. The van der Waals surface area contributed by atoms with Gasteiger partial charge in [0.25, 0.3) is 0 Å². The predicted molar refractivity (Wildman–Crippen MR) is 132 cm³/mol. The van der Waals surface area contributed by atoms with E-state index in [1.54, 1.807) is 4.90 Å². The fourth-order valence-electron chi connectivity index (χ4n) is 4.59. The minimum atomic E-state index is -0.340. The Kier molecular flexibility index (Phi) is 6.36. The second-order valence-electron chi connectivity index (χ2n) is 8.58. The third kappa shape index (κ3) is 4.43. The number of imide groups is 1. The smallest absolute Gasteiger partial charge is 0.248 e. The molecule has 7 heteroatoms. The summed E-state index contributed by atoms with van der Waals surface area (Å²) >= 11 is 1.39. The van der Waals surface area contributed by atoms with Crippen LogP contribution in [-0.2, 0) is 20.8 Å². The summed E-state index contributed by atoms with van der Waals surface area (Å²) in [5.74, 6) is -1.45. The Bertz CT molecular complexity index is 1200. The number of rotatable bonds is 7. The van der Waals surface area contributed by atoms with E-state index in [4.69, 9.17) is 4.98 Å². The van der Waals surface area contributed by atoms with Gasteiger partial charge in [0.2, 0.25) is 17.7 Å². The van der Waals surface area contributed by atoms with Gasteiger partial charge in [0.15, 0.2) is 5.13 Å². The van der Waals surface area contributed by atoms with E-state index in [-0.39, 0.29) is 36.1 Å². The average molecular weight is 472 g/mol. The van der Waals surface area contributed by atoms with Crippen molar-refractivity contribution in [2.45, 2.75) is 19.3 Å². The number of anilines is 1. The van der Waals surface area contributed by atoms with Crippen molar-refractivity contribution in [3.63, 3.8) is 0 Å². The van der Waals surface area contributed by atoms with Crippen LogP contribution in [0.25, 0.3) is 11.3 Å². The highest BCUT2D eigenvalue weighted by atomic mass is 32.1. The normalized spacial score (nSPS) is 19.4. The van der Waals surface area contributed by atoms with E-state index < -0.39 is 0 Å². The minimum Gasteiger partial charge on any atom is -0.286 e. The molecule has 0 bridgehead atoms. The van der Waals surface area contributed by atoms with Crippen LogP contribution in [0.15, 0.2) is 78.2 Å². The SMILES string of the molecule is O=C1C2CC=CCC2C(=O)N1CC(=O)N(CCc1ccccc1)c1nc(-c2ccccc2)cs1. The number of thiazole rings is 1. The number of carbonyl (C=O) groups is 3. The fourth-order valence-corrected chi connectivity index (χ4v) is 5.47. The van der Waals surface area contributed by atoms with E-state index in [0.29, 0.717) is 30.9 Å². The summed E-state index contributed by atoms with van der Waals surface area (Å²) in [6.07, 6.45) is 5.66. The quantitative estimate of drug-likeness (QED) is 0.380. The van der Waals surface area contributed by atoms with Crippen LogP contribution < -0.4 is 4.90 Å². The van der Waals surface area contributed by atoms with Crippen molar-refractivity contribution < 1.29 is 14.4 Å². The molecule has 2 aliphatic rings. The Morgan fingerprint density at radius 1 is 0.941 bits per heavy atom. The lowest BCUT2D eigenvalue weighted by Gasteiger charge is -2.23. The van der Waals surface area contributed by atoms with Gasteiger partial charge in [-0.3, -0.25) is 24.2 Å². The van der Waals surface area contributed by atoms with E-state index >= 15 is 0 Å². The molecule has 0 radical (unpaired) electrons. The van der Waals surface area contributed by atoms with Crippen molar-refractivity contribution in [1.82, 2.24) is 9.88 Å². The number of benzene rings is 2. The first-order valence-electron chi connectivity index (χ1n) is 11.5. The number of hydrogen-bond donors (Lipinski definition) is 0. The summed E-state index contributed by atoms with van der Waals surface area (Å²) in [5.41, 5.74) is 2.87. The molecule has 2 heterocycles. The summed E-state index contributed by atoms with van der Waals surface area (Å²) in [6, 6.07) is 19.7. The lowest BCUT2D eigenvalue weighted by Crippen LogP contribution is -2.44. The molecule has 5 rings (SSSR count). The van der Waals surface area contributed by atoms with E-state index in [9.17, 15) is 14.4 Å². The number of nitrogens with zero attached hydrogens (tertiary/aromatic N) is 3. The molecule has 0 spiro atoms. The molecule has 1 saturated heterocycles. The van der Waals surface area contributed by atoms with Gasteiger partial charge in [-0.25, -0.2) is 4.98 Å². The van der Waals surface area contributed by atoms with Crippen molar-refractivity contribution in [2.75, 3.05) is 18.0 Å². The van der Waals surface area contributed by atoms with Crippen molar-refractivity contribution >= 4 is 34.2 Å². The molecule has 2 atom stereocenters. The minimum absolute atomic E-state index is 0.236. The highest BCUT2D eigenvalue weighted by Gasteiger charge is 2.48. The molecule has 3 amide bonds. The second kappa shape index (κ2) is 9.73.